The molecule has 0 aliphatic carbocycles. The third-order valence-electron chi connectivity index (χ3n) is 12.3. The molecule has 4 unspecified atom stereocenters. The van der Waals surface area contributed by atoms with Gasteiger partial charge in [0.15, 0.2) is 40.0 Å². The molecule has 14 nitrogen and oxygen atoms in total. The summed E-state index contributed by atoms with van der Waals surface area (Å²) in [6.45, 7) is 5.57. The fourth-order valence-electron chi connectivity index (χ4n) is 10.3. The number of benzene rings is 3. The predicted molar refractivity (Wildman–Crippen MR) is 198 cm³/mol. The molecule has 3 N–H and O–H groups in total. The average Bonchev–Trinajstić information content (AvgIpc) is 3.56. The Hall–Kier alpha value is -4.88. The highest BCUT2D eigenvalue weighted by molar-refractivity contribution is 7.99. The van der Waals surface area contributed by atoms with Gasteiger partial charge in [-0.2, -0.15) is 5.26 Å². The van der Waals surface area contributed by atoms with Gasteiger partial charge in [-0.05, 0) is 61.7 Å². The molecule has 0 amide bonds. The minimum absolute atomic E-state index is 0.0166. The quantitative estimate of drug-likeness (QED) is 0.258. The first kappa shape index (κ1) is 35.8. The van der Waals surface area contributed by atoms with Crippen molar-refractivity contribution in [2.24, 2.45) is 0 Å². The lowest BCUT2D eigenvalue weighted by molar-refractivity contribution is -0.158. The van der Waals surface area contributed by atoms with E-state index < -0.39 is 46.4 Å². The van der Waals surface area contributed by atoms with Crippen molar-refractivity contribution in [3.8, 4) is 46.3 Å². The summed E-state index contributed by atoms with van der Waals surface area (Å²) in [4.78, 5) is 32.1. The summed E-state index contributed by atoms with van der Waals surface area (Å²) in [7, 11) is 4.95. The first-order chi connectivity index (χ1) is 26.4. The first-order valence-corrected chi connectivity index (χ1v) is 19.3. The van der Waals surface area contributed by atoms with Crippen molar-refractivity contribution in [2.45, 2.75) is 68.1 Å². The van der Waals surface area contributed by atoms with Crippen molar-refractivity contribution in [1.82, 2.24) is 15.1 Å². The number of rotatable bonds is 3. The van der Waals surface area contributed by atoms with Crippen LogP contribution >= 0.6 is 11.8 Å². The van der Waals surface area contributed by atoms with Gasteiger partial charge in [0.25, 0.3) is 0 Å². The van der Waals surface area contributed by atoms with E-state index in [2.05, 4.69) is 21.2 Å². The zero-order valence-electron chi connectivity index (χ0n) is 31.4. The van der Waals surface area contributed by atoms with E-state index >= 15 is 0 Å². The zero-order chi connectivity index (χ0) is 38.7. The molecule has 15 heteroatoms. The molecule has 1 spiro atoms. The fraction of sp³-hybridized carbons (Fsp3) is 0.475. The van der Waals surface area contributed by atoms with Gasteiger partial charge in [-0.1, -0.05) is 6.07 Å². The fourth-order valence-corrected chi connectivity index (χ4v) is 12.0. The van der Waals surface area contributed by atoms with Crippen molar-refractivity contribution in [1.29, 1.82) is 5.26 Å². The topological polar surface area (TPSA) is 172 Å². The van der Waals surface area contributed by atoms with Crippen LogP contribution < -0.4 is 29.0 Å². The van der Waals surface area contributed by atoms with Gasteiger partial charge in [0.1, 0.15) is 17.9 Å². The minimum Gasteiger partial charge on any atom is -0.504 e. The van der Waals surface area contributed by atoms with E-state index in [-0.39, 0.29) is 42.8 Å². The van der Waals surface area contributed by atoms with Crippen LogP contribution in [0.3, 0.4) is 0 Å². The van der Waals surface area contributed by atoms with Crippen LogP contribution in [0, 0.1) is 25.2 Å². The largest absolute Gasteiger partial charge is 0.504 e. The molecule has 2 saturated heterocycles. The lowest BCUT2D eigenvalue weighted by atomic mass is 9.76. The Labute approximate surface area is 322 Å². The molecule has 8 aliphatic heterocycles. The molecule has 7 atom stereocenters. The Balaban J connectivity index is 1.35. The van der Waals surface area contributed by atoms with Gasteiger partial charge in [0.2, 0.25) is 6.79 Å². The molecule has 3 aromatic rings. The number of ether oxygens (including phenoxy) is 6. The molecular weight excluding hydrogens is 729 g/mol. The number of piperazine rings is 1. The number of esters is 2. The third kappa shape index (κ3) is 4.84. The number of thioether (sulfide) groups is 1. The molecule has 0 saturated carbocycles. The Morgan fingerprint density at radius 1 is 1.05 bits per heavy atom. The van der Waals surface area contributed by atoms with Crippen molar-refractivity contribution in [2.75, 3.05) is 53.5 Å². The summed E-state index contributed by atoms with van der Waals surface area (Å²) in [5.74, 6) is 0.921. The highest BCUT2D eigenvalue weighted by atomic mass is 32.2. The number of aryl methyl sites for hydroxylation is 1. The number of hydrogen-bond donors (Lipinski definition) is 3. The lowest BCUT2D eigenvalue weighted by Crippen LogP contribution is -2.69. The number of nitriles is 1. The van der Waals surface area contributed by atoms with E-state index in [0.717, 1.165) is 16.7 Å². The maximum absolute atomic E-state index is 14.8. The normalized spacial score (nSPS) is 29.9. The molecule has 0 aromatic heterocycles. The molecule has 288 valence electrons. The van der Waals surface area contributed by atoms with Crippen molar-refractivity contribution in [3.05, 3.63) is 62.7 Å². The number of carbonyl (C=O) groups is 2. The van der Waals surface area contributed by atoms with E-state index in [1.807, 2.05) is 27.0 Å². The standard InChI is InChI=1S/C40H42N4O10S/c1-18-9-22-12-39(14-41)15-43(4)30(27(22)32(47)33(18)50-6)31-37-29-28(36-35(52-17-53-36)19(2)34(29)54-20(3)45)24(44(31)39)13-51-38(48)40(16-55-37)23-11-26(49-5)25(46)10-21(23)7-8-42-40/h9-11,24,30-31,37,42,46-47H,7-8,12-13,15-17H2,1-6H3/t24-,30?,31?,37+,39?,40+/m0/s1. The first-order valence-electron chi connectivity index (χ1n) is 18.3. The molecule has 8 heterocycles. The van der Waals surface area contributed by atoms with Gasteiger partial charge in [0.05, 0.1) is 37.6 Å². The summed E-state index contributed by atoms with van der Waals surface area (Å²) in [6, 6.07) is 6.26. The Kier molecular flexibility index (Phi) is 8.18. The van der Waals surface area contributed by atoms with Gasteiger partial charge in [-0.3, -0.25) is 19.9 Å². The minimum atomic E-state index is -1.36. The van der Waals surface area contributed by atoms with Crippen LogP contribution in [0.25, 0.3) is 0 Å². The Morgan fingerprint density at radius 3 is 2.56 bits per heavy atom. The van der Waals surface area contributed by atoms with E-state index in [1.165, 1.54) is 32.9 Å². The molecule has 8 aliphatic rings. The number of phenols is 2. The third-order valence-corrected chi connectivity index (χ3v) is 13.8. The Bertz CT molecular complexity index is 2240. The van der Waals surface area contributed by atoms with Gasteiger partial charge >= 0.3 is 11.9 Å². The second-order valence-electron chi connectivity index (χ2n) is 15.3. The van der Waals surface area contributed by atoms with Crippen molar-refractivity contribution in [3.63, 3.8) is 0 Å². The molecule has 11 rings (SSSR count). The van der Waals surface area contributed by atoms with Gasteiger partial charge < -0.3 is 38.6 Å². The maximum Gasteiger partial charge on any atom is 0.331 e. The zero-order valence-corrected chi connectivity index (χ0v) is 32.2. The summed E-state index contributed by atoms with van der Waals surface area (Å²) < 4.78 is 36.2. The molecule has 55 heavy (non-hydrogen) atoms. The number of hydrogen-bond acceptors (Lipinski definition) is 15. The van der Waals surface area contributed by atoms with Gasteiger partial charge in [-0.15, -0.1) is 11.8 Å². The van der Waals surface area contributed by atoms with Crippen LogP contribution in [0.15, 0.2) is 18.2 Å². The highest BCUT2D eigenvalue weighted by Gasteiger charge is 2.64. The van der Waals surface area contributed by atoms with Crippen LogP contribution in [-0.2, 0) is 32.7 Å². The average molecular weight is 771 g/mol. The molecular formula is C40H42N4O10S. The van der Waals surface area contributed by atoms with Crippen molar-refractivity contribution >= 4 is 23.7 Å². The molecule has 3 aromatic carbocycles. The lowest BCUT2D eigenvalue weighted by Gasteiger charge is -2.60. The summed E-state index contributed by atoms with van der Waals surface area (Å²) >= 11 is 1.48. The number of aromatic hydroxyl groups is 2. The second kappa shape index (κ2) is 12.6. The van der Waals surface area contributed by atoms with Crippen LogP contribution in [0.2, 0.25) is 0 Å². The molecule has 2 fully saturated rings. The SMILES string of the molecule is COc1cc2c(cc1O)CCN[C@]21CS[C@@H]2c3c(OC(C)=O)c(C)c4c(c3[C@H](COC1=O)N1C2C2c3c(cc(C)c(OC)c3O)CC1(C#N)CN2C)OCO4. The van der Waals surface area contributed by atoms with E-state index in [9.17, 15) is 25.1 Å². The summed E-state index contributed by atoms with van der Waals surface area (Å²) in [5.41, 5.74) is 3.05. The number of nitrogens with one attached hydrogen (secondary N) is 1. The van der Waals surface area contributed by atoms with Gasteiger partial charge in [-0.25, -0.2) is 4.79 Å². The number of fused-ring (bicyclic) bond motifs is 6. The van der Waals surface area contributed by atoms with E-state index in [1.54, 1.807) is 12.1 Å². The van der Waals surface area contributed by atoms with E-state index in [0.29, 0.717) is 70.3 Å². The highest BCUT2D eigenvalue weighted by Crippen LogP contribution is 2.65. The predicted octanol–water partition coefficient (Wildman–Crippen LogP) is 3.99. The number of carbonyl (C=O) groups excluding carboxylic acids is 2. The Morgan fingerprint density at radius 2 is 1.84 bits per heavy atom. The number of methoxy groups -OCH3 is 2. The molecule has 4 bridgehead atoms. The maximum atomic E-state index is 14.8. The molecule has 0 radical (unpaired) electrons. The van der Waals surface area contributed by atoms with Crippen LogP contribution in [0.5, 0.6) is 40.2 Å². The van der Waals surface area contributed by atoms with Crippen LogP contribution in [-0.4, -0.2) is 97.0 Å². The van der Waals surface area contributed by atoms with Crippen LogP contribution in [0.4, 0.5) is 0 Å². The van der Waals surface area contributed by atoms with Crippen LogP contribution in [0.1, 0.15) is 68.8 Å². The van der Waals surface area contributed by atoms with Gasteiger partial charge in [0, 0.05) is 60.5 Å². The number of phenolic OH excluding ortho intramolecular Hbond substituents is 2. The van der Waals surface area contributed by atoms with E-state index in [4.69, 9.17) is 28.4 Å². The van der Waals surface area contributed by atoms with Crippen molar-refractivity contribution < 1.29 is 48.2 Å². The smallest absolute Gasteiger partial charge is 0.331 e. The second-order valence-corrected chi connectivity index (χ2v) is 16.4. The number of nitrogens with zero attached hydrogens (tertiary/aromatic N) is 3. The number of likely N-dealkylation sites (N-methyl/N-ethyl adjacent to an activating group) is 1. The summed E-state index contributed by atoms with van der Waals surface area (Å²) in [6.07, 6.45) is 0.835. The monoisotopic (exact) mass is 770 g/mol. The summed E-state index contributed by atoms with van der Waals surface area (Å²) in [5, 5.41) is 37.2.